The number of carbonyl (C=O) groups is 1. The summed E-state index contributed by atoms with van der Waals surface area (Å²) in [6, 6.07) is 4.50. The van der Waals surface area contributed by atoms with Gasteiger partial charge in [0.2, 0.25) is 15.9 Å². The smallest absolute Gasteiger partial charge is 0.248 e. The molecule has 0 aliphatic carbocycles. The third-order valence-electron chi connectivity index (χ3n) is 3.68. The zero-order chi connectivity index (χ0) is 20.4. The fraction of sp³-hybridized carbons (Fsp3) is 0.235. The molecule has 0 saturated heterocycles. The first-order valence-electron chi connectivity index (χ1n) is 7.75. The predicted molar refractivity (Wildman–Crippen MR) is 97.8 cm³/mol. The monoisotopic (exact) mass is 420 g/mol. The number of anilines is 2. The van der Waals surface area contributed by atoms with Crippen molar-refractivity contribution in [1.29, 1.82) is 0 Å². The van der Waals surface area contributed by atoms with Crippen LogP contribution in [0.4, 0.5) is 24.5 Å². The minimum Gasteiger partial charge on any atom is -0.322 e. The number of sulfonamides is 1. The number of hydrogen-bond donors (Lipinski definition) is 1. The zero-order valence-electron chi connectivity index (χ0n) is 14.3. The molecule has 27 heavy (non-hydrogen) atoms. The quantitative estimate of drug-likeness (QED) is 0.769. The molecule has 0 radical (unpaired) electrons. The van der Waals surface area contributed by atoms with E-state index in [0.717, 1.165) is 40.9 Å². The topological polar surface area (TPSA) is 66.5 Å². The van der Waals surface area contributed by atoms with Crippen molar-refractivity contribution in [3.8, 4) is 0 Å². The summed E-state index contributed by atoms with van der Waals surface area (Å²) >= 11 is 5.72. The molecule has 1 amide bonds. The molecule has 2 aromatic carbocycles. The molecule has 0 aliphatic heterocycles. The number of benzene rings is 2. The van der Waals surface area contributed by atoms with E-state index in [4.69, 9.17) is 11.6 Å². The molecule has 0 bridgehead atoms. The van der Waals surface area contributed by atoms with E-state index in [1.54, 1.807) is 6.92 Å². The lowest BCUT2D eigenvalue weighted by Gasteiger charge is -2.30. The Balaban J connectivity index is 2.42. The van der Waals surface area contributed by atoms with Crippen LogP contribution in [0.1, 0.15) is 13.3 Å². The van der Waals surface area contributed by atoms with Crippen molar-refractivity contribution in [2.24, 2.45) is 0 Å². The second-order valence-corrected chi connectivity index (χ2v) is 7.96. The first-order valence-corrected chi connectivity index (χ1v) is 9.97. The molecule has 0 aliphatic rings. The molecule has 0 aromatic heterocycles. The van der Waals surface area contributed by atoms with E-state index in [1.807, 2.05) is 0 Å². The second kappa shape index (κ2) is 8.18. The van der Waals surface area contributed by atoms with Crippen LogP contribution in [0.15, 0.2) is 36.4 Å². The summed E-state index contributed by atoms with van der Waals surface area (Å²) in [6.07, 6.45) is 0.898. The Morgan fingerprint density at radius 3 is 2.33 bits per heavy atom. The van der Waals surface area contributed by atoms with Crippen LogP contribution >= 0.6 is 11.6 Å². The summed E-state index contributed by atoms with van der Waals surface area (Å²) in [5.74, 6) is -3.42. The van der Waals surface area contributed by atoms with Gasteiger partial charge in [-0.05, 0) is 36.8 Å². The standard InChI is InChI=1S/C17H16ClF3N2O3S/c1-3-16(17(24)22-15-7-4-10(19)8-14(15)21)23(27(2,25)26)11-5-6-13(20)12(18)9-11/h4-9,16H,3H2,1-2H3,(H,22,24). The van der Waals surface area contributed by atoms with Crippen LogP contribution in [0, 0.1) is 17.5 Å². The molecular weight excluding hydrogens is 405 g/mol. The van der Waals surface area contributed by atoms with Gasteiger partial charge in [0.05, 0.1) is 22.7 Å². The molecule has 5 nitrogen and oxygen atoms in total. The summed E-state index contributed by atoms with van der Waals surface area (Å²) in [4.78, 5) is 12.6. The van der Waals surface area contributed by atoms with Gasteiger partial charge in [0, 0.05) is 6.07 Å². The SMILES string of the molecule is CCC(C(=O)Nc1ccc(F)cc1F)N(c1ccc(F)c(Cl)c1)S(C)(=O)=O. The van der Waals surface area contributed by atoms with Gasteiger partial charge in [-0.1, -0.05) is 18.5 Å². The fourth-order valence-corrected chi connectivity index (χ4v) is 3.87. The van der Waals surface area contributed by atoms with Gasteiger partial charge in [-0.2, -0.15) is 0 Å². The maximum atomic E-state index is 13.8. The zero-order valence-corrected chi connectivity index (χ0v) is 15.9. The van der Waals surface area contributed by atoms with Gasteiger partial charge in [0.25, 0.3) is 0 Å². The van der Waals surface area contributed by atoms with Gasteiger partial charge in [-0.15, -0.1) is 0 Å². The van der Waals surface area contributed by atoms with Gasteiger partial charge < -0.3 is 5.32 Å². The fourth-order valence-electron chi connectivity index (χ4n) is 2.49. The summed E-state index contributed by atoms with van der Waals surface area (Å²) in [7, 11) is -3.98. The minimum atomic E-state index is -3.98. The van der Waals surface area contributed by atoms with Gasteiger partial charge in [0.15, 0.2) is 0 Å². The lowest BCUT2D eigenvalue weighted by atomic mass is 10.1. The number of amides is 1. The van der Waals surface area contributed by atoms with Crippen molar-refractivity contribution in [1.82, 2.24) is 0 Å². The van der Waals surface area contributed by atoms with Crippen molar-refractivity contribution in [2.45, 2.75) is 19.4 Å². The summed E-state index contributed by atoms with van der Waals surface area (Å²) in [6.45, 7) is 1.55. The van der Waals surface area contributed by atoms with E-state index in [9.17, 15) is 26.4 Å². The number of hydrogen-bond acceptors (Lipinski definition) is 3. The van der Waals surface area contributed by atoms with Gasteiger partial charge in [-0.25, -0.2) is 21.6 Å². The molecule has 146 valence electrons. The van der Waals surface area contributed by atoms with Crippen LogP contribution < -0.4 is 9.62 Å². The Bertz CT molecular complexity index is 970. The Kier molecular flexibility index (Phi) is 6.38. The molecule has 1 N–H and O–H groups in total. The van der Waals surface area contributed by atoms with Crippen LogP contribution in [0.3, 0.4) is 0 Å². The van der Waals surface area contributed by atoms with Crippen LogP contribution in [0.2, 0.25) is 5.02 Å². The first-order chi connectivity index (χ1) is 12.5. The van der Waals surface area contributed by atoms with E-state index < -0.39 is 39.4 Å². The average molecular weight is 421 g/mol. The normalized spacial score (nSPS) is 12.5. The molecule has 10 heteroatoms. The molecule has 0 saturated carbocycles. The van der Waals surface area contributed by atoms with Crippen LogP contribution in [0.5, 0.6) is 0 Å². The number of carbonyl (C=O) groups excluding carboxylic acids is 1. The summed E-state index contributed by atoms with van der Waals surface area (Å²) in [5.41, 5.74) is -0.323. The highest BCUT2D eigenvalue weighted by Gasteiger charge is 2.32. The molecule has 0 spiro atoms. The van der Waals surface area contributed by atoms with Crippen LogP contribution in [0.25, 0.3) is 0 Å². The summed E-state index contributed by atoms with van der Waals surface area (Å²) < 4.78 is 65.5. The lowest BCUT2D eigenvalue weighted by molar-refractivity contribution is -0.117. The average Bonchev–Trinajstić information content (AvgIpc) is 2.56. The highest BCUT2D eigenvalue weighted by Crippen LogP contribution is 2.28. The predicted octanol–water partition coefficient (Wildman–Crippen LogP) is 3.94. The van der Waals surface area contributed by atoms with Crippen molar-refractivity contribution < 1.29 is 26.4 Å². The Morgan fingerprint density at radius 2 is 1.81 bits per heavy atom. The Labute approximate surface area is 159 Å². The summed E-state index contributed by atoms with van der Waals surface area (Å²) in [5, 5.41) is 1.92. The van der Waals surface area contributed by atoms with E-state index in [-0.39, 0.29) is 22.8 Å². The van der Waals surface area contributed by atoms with Gasteiger partial charge in [0.1, 0.15) is 23.5 Å². The van der Waals surface area contributed by atoms with E-state index in [0.29, 0.717) is 6.07 Å². The Morgan fingerprint density at radius 1 is 1.15 bits per heavy atom. The van der Waals surface area contributed by atoms with Crippen LogP contribution in [-0.4, -0.2) is 26.6 Å². The van der Waals surface area contributed by atoms with Crippen molar-refractivity contribution in [3.63, 3.8) is 0 Å². The highest BCUT2D eigenvalue weighted by atomic mass is 35.5. The lowest BCUT2D eigenvalue weighted by Crippen LogP contribution is -2.47. The molecule has 1 atom stereocenters. The first kappa shape index (κ1) is 21.0. The molecule has 0 heterocycles. The maximum Gasteiger partial charge on any atom is 0.248 e. The molecule has 0 fully saturated rings. The minimum absolute atomic E-state index is 0.0227. The highest BCUT2D eigenvalue weighted by molar-refractivity contribution is 7.92. The third-order valence-corrected chi connectivity index (χ3v) is 5.15. The van der Waals surface area contributed by atoms with Crippen molar-refractivity contribution in [2.75, 3.05) is 15.9 Å². The van der Waals surface area contributed by atoms with E-state index in [2.05, 4.69) is 5.32 Å². The molecular formula is C17H16ClF3N2O3S. The second-order valence-electron chi connectivity index (χ2n) is 5.69. The number of nitrogens with one attached hydrogen (secondary N) is 1. The number of nitrogens with zero attached hydrogens (tertiary/aromatic N) is 1. The number of halogens is 4. The maximum absolute atomic E-state index is 13.8. The molecule has 2 rings (SSSR count). The molecule has 1 unspecified atom stereocenters. The third kappa shape index (κ3) is 4.92. The van der Waals surface area contributed by atoms with Gasteiger partial charge in [-0.3, -0.25) is 9.10 Å². The van der Waals surface area contributed by atoms with E-state index >= 15 is 0 Å². The number of rotatable bonds is 6. The Hall–Kier alpha value is -2.26. The van der Waals surface area contributed by atoms with Crippen molar-refractivity contribution >= 4 is 38.9 Å². The molecule has 2 aromatic rings. The largest absolute Gasteiger partial charge is 0.322 e. The van der Waals surface area contributed by atoms with E-state index in [1.165, 1.54) is 0 Å². The van der Waals surface area contributed by atoms with Crippen molar-refractivity contribution in [3.05, 3.63) is 58.9 Å². The van der Waals surface area contributed by atoms with Gasteiger partial charge >= 0.3 is 0 Å². The van der Waals surface area contributed by atoms with Crippen LogP contribution in [-0.2, 0) is 14.8 Å².